The van der Waals surface area contributed by atoms with Gasteiger partial charge >= 0.3 is 6.09 Å². The lowest BCUT2D eigenvalue weighted by molar-refractivity contribution is -0.122. The summed E-state index contributed by atoms with van der Waals surface area (Å²) in [4.78, 5) is 30.6. The number of likely N-dealkylation sites (tertiary alicyclic amines) is 1. The summed E-state index contributed by atoms with van der Waals surface area (Å²) >= 11 is 0. The van der Waals surface area contributed by atoms with Crippen molar-refractivity contribution in [1.29, 1.82) is 0 Å². The van der Waals surface area contributed by atoms with Gasteiger partial charge < -0.3 is 15.0 Å². The van der Waals surface area contributed by atoms with Gasteiger partial charge in [0, 0.05) is 19.3 Å². The highest BCUT2D eigenvalue weighted by Crippen LogP contribution is 2.43. The average molecular weight is 303 g/mol. The van der Waals surface area contributed by atoms with Gasteiger partial charge in [0.15, 0.2) is 0 Å². The van der Waals surface area contributed by atoms with E-state index in [1.165, 1.54) is 0 Å². The Morgan fingerprint density at radius 2 is 2.05 bits per heavy atom. The van der Waals surface area contributed by atoms with Gasteiger partial charge in [0.05, 0.1) is 16.8 Å². The van der Waals surface area contributed by atoms with E-state index >= 15 is 0 Å². The highest BCUT2D eigenvalue weighted by molar-refractivity contribution is 6.05. The second kappa shape index (κ2) is 4.97. The molecule has 0 radical (unpaired) electrons. The summed E-state index contributed by atoms with van der Waals surface area (Å²) in [6.45, 7) is 6.54. The van der Waals surface area contributed by atoms with E-state index in [0.29, 0.717) is 25.9 Å². The number of fused-ring (bicyclic) bond motifs is 2. The minimum absolute atomic E-state index is 0.00922. The Morgan fingerprint density at radius 3 is 2.68 bits per heavy atom. The lowest BCUT2D eigenvalue weighted by Crippen LogP contribution is -2.49. The number of nitrogens with one attached hydrogen (secondary N) is 1. The molecule has 0 saturated carbocycles. The molecule has 6 nitrogen and oxygen atoms in total. The fourth-order valence-electron chi connectivity index (χ4n) is 3.10. The molecule has 118 valence electrons. The molecule has 0 bridgehead atoms. The first kappa shape index (κ1) is 14.8. The van der Waals surface area contributed by atoms with Crippen molar-refractivity contribution >= 4 is 17.7 Å². The van der Waals surface area contributed by atoms with E-state index in [9.17, 15) is 9.59 Å². The van der Waals surface area contributed by atoms with Gasteiger partial charge in [-0.2, -0.15) is 0 Å². The summed E-state index contributed by atoms with van der Waals surface area (Å²) in [5.74, 6) is -0.00922. The summed E-state index contributed by atoms with van der Waals surface area (Å²) in [6.07, 6.45) is 2.53. The molecule has 1 N–H and O–H groups in total. The van der Waals surface area contributed by atoms with Gasteiger partial charge in [-0.25, -0.2) is 4.79 Å². The molecule has 1 saturated heterocycles. The number of amides is 2. The van der Waals surface area contributed by atoms with E-state index in [1.54, 1.807) is 11.1 Å². The molecule has 3 heterocycles. The van der Waals surface area contributed by atoms with Crippen LogP contribution in [0.2, 0.25) is 0 Å². The largest absolute Gasteiger partial charge is 0.444 e. The second-order valence-corrected chi connectivity index (χ2v) is 6.90. The second-order valence-electron chi connectivity index (χ2n) is 6.90. The van der Waals surface area contributed by atoms with Crippen LogP contribution < -0.4 is 5.32 Å². The predicted octanol–water partition coefficient (Wildman–Crippen LogP) is 2.30. The van der Waals surface area contributed by atoms with E-state index in [1.807, 2.05) is 32.9 Å². The van der Waals surface area contributed by atoms with Crippen LogP contribution in [0, 0.1) is 0 Å². The average Bonchev–Trinajstić information content (AvgIpc) is 2.71. The molecule has 22 heavy (non-hydrogen) atoms. The molecule has 0 aliphatic carbocycles. The van der Waals surface area contributed by atoms with Crippen molar-refractivity contribution in [3.63, 3.8) is 0 Å². The lowest BCUT2D eigenvalue weighted by Gasteiger charge is -2.37. The minimum Gasteiger partial charge on any atom is -0.444 e. The maximum Gasteiger partial charge on any atom is 0.410 e. The predicted molar refractivity (Wildman–Crippen MR) is 81.6 cm³/mol. The first-order chi connectivity index (χ1) is 10.3. The van der Waals surface area contributed by atoms with Gasteiger partial charge in [0.25, 0.3) is 0 Å². The summed E-state index contributed by atoms with van der Waals surface area (Å²) in [5, 5.41) is 2.90. The van der Waals surface area contributed by atoms with Gasteiger partial charge in [-0.1, -0.05) is 0 Å². The molecule has 0 aromatic carbocycles. The molecule has 1 aromatic heterocycles. The number of piperidine rings is 1. The third-order valence-corrected chi connectivity index (χ3v) is 4.21. The molecule has 2 aliphatic rings. The summed E-state index contributed by atoms with van der Waals surface area (Å²) in [6, 6.07) is 3.68. The van der Waals surface area contributed by atoms with Crippen molar-refractivity contribution in [3.8, 4) is 0 Å². The minimum atomic E-state index is -0.602. The smallest absolute Gasteiger partial charge is 0.410 e. The maximum atomic E-state index is 12.4. The van der Waals surface area contributed by atoms with Crippen molar-refractivity contribution in [2.45, 2.75) is 44.6 Å². The molecular formula is C16H21N3O3. The zero-order valence-corrected chi connectivity index (χ0v) is 13.2. The topological polar surface area (TPSA) is 71.5 Å². The SMILES string of the molecule is CC(C)(C)OC(=O)N1CCC2(CC1)C(=O)Nc1cccnc12. The van der Waals surface area contributed by atoms with Crippen LogP contribution in [0.3, 0.4) is 0 Å². The maximum absolute atomic E-state index is 12.4. The van der Waals surface area contributed by atoms with Crippen LogP contribution in [-0.4, -0.2) is 40.6 Å². The van der Waals surface area contributed by atoms with Crippen molar-refractivity contribution in [1.82, 2.24) is 9.88 Å². The molecule has 0 unspecified atom stereocenters. The third kappa shape index (κ3) is 2.42. The zero-order chi connectivity index (χ0) is 16.0. The first-order valence-electron chi connectivity index (χ1n) is 7.57. The van der Waals surface area contributed by atoms with E-state index in [4.69, 9.17) is 4.74 Å². The Bertz CT molecular complexity index is 613. The molecule has 6 heteroatoms. The van der Waals surface area contributed by atoms with Crippen molar-refractivity contribution in [2.24, 2.45) is 0 Å². The zero-order valence-electron chi connectivity index (χ0n) is 13.2. The highest BCUT2D eigenvalue weighted by atomic mass is 16.6. The van der Waals surface area contributed by atoms with E-state index in [2.05, 4.69) is 10.3 Å². The van der Waals surface area contributed by atoms with Crippen molar-refractivity contribution < 1.29 is 14.3 Å². The van der Waals surface area contributed by atoms with Crippen LogP contribution in [0.25, 0.3) is 0 Å². The Hall–Kier alpha value is -2.11. The van der Waals surface area contributed by atoms with Crippen LogP contribution in [0.5, 0.6) is 0 Å². The Balaban J connectivity index is 1.74. The first-order valence-corrected chi connectivity index (χ1v) is 7.57. The van der Waals surface area contributed by atoms with Crippen LogP contribution in [0.4, 0.5) is 10.5 Å². The summed E-state index contributed by atoms with van der Waals surface area (Å²) in [7, 11) is 0. The number of nitrogens with zero attached hydrogens (tertiary/aromatic N) is 2. The number of hydrogen-bond donors (Lipinski definition) is 1. The molecule has 1 aromatic rings. The van der Waals surface area contributed by atoms with E-state index < -0.39 is 11.0 Å². The lowest BCUT2D eigenvalue weighted by atomic mass is 9.76. The van der Waals surface area contributed by atoms with Crippen molar-refractivity contribution in [3.05, 3.63) is 24.0 Å². The monoisotopic (exact) mass is 303 g/mol. The fourth-order valence-corrected chi connectivity index (χ4v) is 3.10. The number of pyridine rings is 1. The van der Waals surface area contributed by atoms with Gasteiger partial charge in [-0.15, -0.1) is 0 Å². The Morgan fingerprint density at radius 1 is 1.36 bits per heavy atom. The fraction of sp³-hybridized carbons (Fsp3) is 0.562. The summed E-state index contributed by atoms with van der Waals surface area (Å²) in [5.41, 5.74) is 0.488. The molecule has 0 atom stereocenters. The normalized spacial score (nSPS) is 19.8. The van der Waals surface area contributed by atoms with Gasteiger partial charge in [-0.05, 0) is 45.7 Å². The third-order valence-electron chi connectivity index (χ3n) is 4.21. The Kier molecular flexibility index (Phi) is 3.34. The molecule has 3 rings (SSSR count). The number of rotatable bonds is 0. The molecule has 2 aliphatic heterocycles. The molecule has 1 fully saturated rings. The number of carbonyl (C=O) groups excluding carboxylic acids is 2. The van der Waals surface area contributed by atoms with Crippen LogP contribution >= 0.6 is 0 Å². The number of anilines is 1. The van der Waals surface area contributed by atoms with Gasteiger partial charge in [-0.3, -0.25) is 9.78 Å². The highest BCUT2D eigenvalue weighted by Gasteiger charge is 2.50. The number of hydrogen-bond acceptors (Lipinski definition) is 4. The molecule has 2 amide bonds. The van der Waals surface area contributed by atoms with Crippen molar-refractivity contribution in [2.75, 3.05) is 18.4 Å². The van der Waals surface area contributed by atoms with Crippen LogP contribution in [-0.2, 0) is 14.9 Å². The number of ether oxygens (including phenoxy) is 1. The van der Waals surface area contributed by atoms with Crippen LogP contribution in [0.15, 0.2) is 18.3 Å². The van der Waals surface area contributed by atoms with Gasteiger partial charge in [0.2, 0.25) is 5.91 Å². The Labute approximate surface area is 129 Å². The standard InChI is InChI=1S/C16H21N3O3/c1-15(2,3)22-14(21)19-9-6-16(7-10-19)12-11(18-13(16)20)5-4-8-17-12/h4-5,8H,6-7,9-10H2,1-3H3,(H,18,20). The number of aromatic nitrogens is 1. The van der Waals surface area contributed by atoms with E-state index in [0.717, 1.165) is 11.4 Å². The quantitative estimate of drug-likeness (QED) is 0.798. The van der Waals surface area contributed by atoms with E-state index in [-0.39, 0.29) is 12.0 Å². The number of carbonyl (C=O) groups is 2. The van der Waals surface area contributed by atoms with Crippen LogP contribution in [0.1, 0.15) is 39.3 Å². The molecule has 1 spiro atoms. The summed E-state index contributed by atoms with van der Waals surface area (Å²) < 4.78 is 5.40. The molecular weight excluding hydrogens is 282 g/mol. The van der Waals surface area contributed by atoms with Gasteiger partial charge in [0.1, 0.15) is 5.60 Å².